The van der Waals surface area contributed by atoms with Crippen LogP contribution in [0, 0.1) is 3.83 Å². The molecular weight excluding hydrogens is 275 g/mol. The molecule has 0 aliphatic heterocycles. The lowest BCUT2D eigenvalue weighted by Crippen LogP contribution is -1.79. The molecule has 0 bridgehead atoms. The second-order valence-electron chi connectivity index (χ2n) is 2.87. The molecular formula is C10H9IN2. The molecule has 0 unspecified atom stereocenters. The van der Waals surface area contributed by atoms with Gasteiger partial charge in [-0.25, -0.2) is 4.98 Å². The third kappa shape index (κ3) is 1.75. The summed E-state index contributed by atoms with van der Waals surface area (Å²) in [6.07, 6.45) is 2.81. The van der Waals surface area contributed by atoms with E-state index >= 15 is 0 Å². The van der Waals surface area contributed by atoms with E-state index in [4.69, 9.17) is 0 Å². The summed E-state index contributed by atoms with van der Waals surface area (Å²) in [5.41, 5.74) is 3.39. The molecule has 1 N–H and O–H groups in total. The van der Waals surface area contributed by atoms with Gasteiger partial charge in [-0.3, -0.25) is 0 Å². The molecule has 0 saturated carbocycles. The SMILES string of the molecule is C=CCc1ccc2nc(I)[nH]c2c1. The molecule has 66 valence electrons. The summed E-state index contributed by atoms with van der Waals surface area (Å²) in [6.45, 7) is 3.71. The van der Waals surface area contributed by atoms with Gasteiger partial charge in [-0.15, -0.1) is 6.58 Å². The molecule has 3 heteroatoms. The Labute approximate surface area is 90.2 Å². The predicted molar refractivity (Wildman–Crippen MR) is 62.7 cm³/mol. The number of aromatic amines is 1. The van der Waals surface area contributed by atoms with E-state index in [0.29, 0.717) is 0 Å². The Bertz CT molecular complexity index is 445. The van der Waals surface area contributed by atoms with Crippen molar-refractivity contribution in [2.24, 2.45) is 0 Å². The average Bonchev–Trinajstić information content (AvgIpc) is 2.44. The largest absolute Gasteiger partial charge is 0.333 e. The number of halogens is 1. The molecule has 0 atom stereocenters. The van der Waals surface area contributed by atoms with Crippen LogP contribution in [0.2, 0.25) is 0 Å². The highest BCUT2D eigenvalue weighted by Gasteiger charge is 1.99. The molecule has 0 radical (unpaired) electrons. The highest BCUT2D eigenvalue weighted by molar-refractivity contribution is 14.1. The number of benzene rings is 1. The van der Waals surface area contributed by atoms with Gasteiger partial charge in [-0.2, -0.15) is 0 Å². The highest BCUT2D eigenvalue weighted by Crippen LogP contribution is 2.15. The highest BCUT2D eigenvalue weighted by atomic mass is 127. The zero-order valence-corrected chi connectivity index (χ0v) is 9.21. The summed E-state index contributed by atoms with van der Waals surface area (Å²) in [4.78, 5) is 7.52. The van der Waals surface area contributed by atoms with Gasteiger partial charge in [0.25, 0.3) is 0 Å². The Morgan fingerprint density at radius 1 is 1.54 bits per heavy atom. The molecule has 1 heterocycles. The average molecular weight is 284 g/mol. The van der Waals surface area contributed by atoms with Crippen LogP contribution >= 0.6 is 22.6 Å². The number of nitrogens with zero attached hydrogens (tertiary/aromatic N) is 1. The molecule has 0 aliphatic carbocycles. The smallest absolute Gasteiger partial charge is 0.169 e. The summed E-state index contributed by atoms with van der Waals surface area (Å²) in [5.74, 6) is 0. The van der Waals surface area contributed by atoms with Crippen molar-refractivity contribution in [2.75, 3.05) is 0 Å². The lowest BCUT2D eigenvalue weighted by atomic mass is 10.1. The second-order valence-corrected chi connectivity index (χ2v) is 3.89. The number of fused-ring (bicyclic) bond motifs is 1. The molecule has 1 aromatic heterocycles. The van der Waals surface area contributed by atoms with Gasteiger partial charge in [-0.1, -0.05) is 12.1 Å². The molecule has 1 aromatic carbocycles. The number of hydrogen-bond donors (Lipinski definition) is 1. The van der Waals surface area contributed by atoms with Crippen molar-refractivity contribution in [2.45, 2.75) is 6.42 Å². The zero-order chi connectivity index (χ0) is 9.26. The predicted octanol–water partition coefficient (Wildman–Crippen LogP) is 2.90. The third-order valence-electron chi connectivity index (χ3n) is 1.90. The quantitative estimate of drug-likeness (QED) is 0.666. The summed E-state index contributed by atoms with van der Waals surface area (Å²) < 4.78 is 0.934. The van der Waals surface area contributed by atoms with E-state index in [0.717, 1.165) is 21.3 Å². The number of hydrogen-bond acceptors (Lipinski definition) is 1. The fourth-order valence-corrected chi connectivity index (χ4v) is 1.87. The zero-order valence-electron chi connectivity index (χ0n) is 7.05. The molecule has 13 heavy (non-hydrogen) atoms. The lowest BCUT2D eigenvalue weighted by molar-refractivity contribution is 1.26. The minimum atomic E-state index is 0.908. The molecule has 2 nitrogen and oxygen atoms in total. The van der Waals surface area contributed by atoms with E-state index in [1.54, 1.807) is 0 Å². The lowest BCUT2D eigenvalue weighted by Gasteiger charge is -1.94. The summed E-state index contributed by atoms with van der Waals surface area (Å²) >= 11 is 2.18. The maximum atomic E-state index is 4.32. The first-order valence-corrected chi connectivity index (χ1v) is 5.12. The van der Waals surface area contributed by atoms with Crippen molar-refractivity contribution in [3.63, 3.8) is 0 Å². The van der Waals surface area contributed by atoms with Crippen LogP contribution in [-0.2, 0) is 6.42 Å². The van der Waals surface area contributed by atoms with Crippen molar-refractivity contribution < 1.29 is 0 Å². The molecule has 2 rings (SSSR count). The number of nitrogens with one attached hydrogen (secondary N) is 1. The fourth-order valence-electron chi connectivity index (χ4n) is 1.32. The van der Waals surface area contributed by atoms with Crippen molar-refractivity contribution in [3.05, 3.63) is 40.2 Å². The second kappa shape index (κ2) is 3.49. The van der Waals surface area contributed by atoms with Crippen molar-refractivity contribution in [1.82, 2.24) is 9.97 Å². The standard InChI is InChI=1S/C10H9IN2/c1-2-3-7-4-5-8-9(6-7)13-10(11)12-8/h2,4-6H,1,3H2,(H,12,13). The van der Waals surface area contributed by atoms with Crippen LogP contribution in [-0.4, -0.2) is 9.97 Å². The van der Waals surface area contributed by atoms with Gasteiger partial charge in [0, 0.05) is 0 Å². The van der Waals surface area contributed by atoms with E-state index in [-0.39, 0.29) is 0 Å². The first-order chi connectivity index (χ1) is 6.29. The van der Waals surface area contributed by atoms with Crippen molar-refractivity contribution in [3.8, 4) is 0 Å². The third-order valence-corrected chi connectivity index (χ3v) is 2.41. The molecule has 0 aliphatic rings. The minimum absolute atomic E-state index is 0.908. The number of imidazole rings is 1. The topological polar surface area (TPSA) is 28.7 Å². The van der Waals surface area contributed by atoms with E-state index in [2.05, 4.69) is 51.3 Å². The summed E-state index contributed by atoms with van der Waals surface area (Å²) in [5, 5.41) is 0. The number of rotatable bonds is 2. The monoisotopic (exact) mass is 284 g/mol. The van der Waals surface area contributed by atoms with Crippen LogP contribution in [0.15, 0.2) is 30.9 Å². The van der Waals surface area contributed by atoms with E-state index in [1.165, 1.54) is 5.56 Å². The minimum Gasteiger partial charge on any atom is -0.333 e. The van der Waals surface area contributed by atoms with Crippen LogP contribution in [0.25, 0.3) is 11.0 Å². The van der Waals surface area contributed by atoms with Gasteiger partial charge in [-0.05, 0) is 46.7 Å². The molecule has 0 spiro atoms. The van der Waals surface area contributed by atoms with Gasteiger partial charge in [0.05, 0.1) is 11.0 Å². The Morgan fingerprint density at radius 2 is 2.38 bits per heavy atom. The van der Waals surface area contributed by atoms with Gasteiger partial charge < -0.3 is 4.98 Å². The van der Waals surface area contributed by atoms with Gasteiger partial charge in [0.2, 0.25) is 0 Å². The Kier molecular flexibility index (Phi) is 2.35. The number of H-pyrrole nitrogens is 1. The van der Waals surface area contributed by atoms with E-state index in [9.17, 15) is 0 Å². The first-order valence-electron chi connectivity index (χ1n) is 4.04. The maximum absolute atomic E-state index is 4.32. The Morgan fingerprint density at radius 3 is 3.15 bits per heavy atom. The van der Waals surface area contributed by atoms with Crippen LogP contribution in [0.1, 0.15) is 5.56 Å². The first kappa shape index (κ1) is 8.74. The fraction of sp³-hybridized carbons (Fsp3) is 0.100. The summed E-state index contributed by atoms with van der Waals surface area (Å²) in [6, 6.07) is 6.24. The summed E-state index contributed by atoms with van der Waals surface area (Å²) in [7, 11) is 0. The molecule has 0 saturated heterocycles. The van der Waals surface area contributed by atoms with Crippen LogP contribution < -0.4 is 0 Å². The van der Waals surface area contributed by atoms with Crippen molar-refractivity contribution in [1.29, 1.82) is 0 Å². The van der Waals surface area contributed by atoms with Crippen LogP contribution in [0.4, 0.5) is 0 Å². The van der Waals surface area contributed by atoms with Gasteiger partial charge in [0.15, 0.2) is 3.83 Å². The van der Waals surface area contributed by atoms with Crippen molar-refractivity contribution >= 4 is 33.6 Å². The molecule has 0 amide bonds. The van der Waals surface area contributed by atoms with Crippen LogP contribution in [0.5, 0.6) is 0 Å². The number of allylic oxidation sites excluding steroid dienone is 1. The van der Waals surface area contributed by atoms with Crippen LogP contribution in [0.3, 0.4) is 0 Å². The molecule has 2 aromatic rings. The Balaban J connectivity index is 2.54. The number of aromatic nitrogens is 2. The van der Waals surface area contributed by atoms with Gasteiger partial charge >= 0.3 is 0 Å². The molecule has 0 fully saturated rings. The normalized spacial score (nSPS) is 10.5. The van der Waals surface area contributed by atoms with E-state index in [1.807, 2.05) is 12.1 Å². The van der Waals surface area contributed by atoms with E-state index < -0.39 is 0 Å². The van der Waals surface area contributed by atoms with Gasteiger partial charge in [0.1, 0.15) is 0 Å². The Hall–Kier alpha value is -0.840. The maximum Gasteiger partial charge on any atom is 0.169 e.